The van der Waals surface area contributed by atoms with Crippen LogP contribution in [0.3, 0.4) is 0 Å². The van der Waals surface area contributed by atoms with Crippen molar-refractivity contribution in [3.8, 4) is 5.75 Å². The molecule has 136 valence electrons. The molecular weight excluding hydrogens is 328 g/mol. The third-order valence-corrected chi connectivity index (χ3v) is 4.62. The third-order valence-electron chi connectivity index (χ3n) is 4.62. The summed E-state index contributed by atoms with van der Waals surface area (Å²) in [7, 11) is 0. The summed E-state index contributed by atoms with van der Waals surface area (Å²) in [6.07, 6.45) is 4.67. The first-order valence-corrected chi connectivity index (χ1v) is 9.05. The lowest BCUT2D eigenvalue weighted by Crippen LogP contribution is -2.45. The molecule has 0 aliphatic heterocycles. The number of hydrogen-bond acceptors (Lipinski definition) is 3. The summed E-state index contributed by atoms with van der Waals surface area (Å²) in [4.78, 5) is 23.9. The highest BCUT2D eigenvalue weighted by molar-refractivity contribution is 5.84. The van der Waals surface area contributed by atoms with Gasteiger partial charge in [-0.3, -0.25) is 20.4 Å². The van der Waals surface area contributed by atoms with Crippen LogP contribution in [0, 0.1) is 5.92 Å². The van der Waals surface area contributed by atoms with Gasteiger partial charge in [0.1, 0.15) is 5.75 Å². The van der Waals surface area contributed by atoms with E-state index in [1.54, 1.807) is 0 Å². The molecule has 0 bridgehead atoms. The topological polar surface area (TPSA) is 67.4 Å². The maximum atomic E-state index is 12.0. The van der Waals surface area contributed by atoms with Crippen molar-refractivity contribution < 1.29 is 14.3 Å². The van der Waals surface area contributed by atoms with Gasteiger partial charge < -0.3 is 4.74 Å². The predicted molar refractivity (Wildman–Crippen MR) is 99.4 cm³/mol. The van der Waals surface area contributed by atoms with E-state index in [2.05, 4.69) is 23.0 Å². The van der Waals surface area contributed by atoms with Crippen molar-refractivity contribution in [3.63, 3.8) is 0 Å². The first-order valence-electron chi connectivity index (χ1n) is 9.05. The van der Waals surface area contributed by atoms with Crippen molar-refractivity contribution in [1.29, 1.82) is 0 Å². The van der Waals surface area contributed by atoms with Crippen molar-refractivity contribution in [2.24, 2.45) is 5.92 Å². The first kappa shape index (κ1) is 18.0. The fourth-order valence-corrected chi connectivity index (χ4v) is 3.21. The summed E-state index contributed by atoms with van der Waals surface area (Å²) in [6.45, 7) is -0.142. The summed E-state index contributed by atoms with van der Waals surface area (Å²) in [6, 6.07) is 17.8. The van der Waals surface area contributed by atoms with E-state index in [1.807, 2.05) is 42.5 Å². The zero-order valence-corrected chi connectivity index (χ0v) is 14.7. The molecule has 0 saturated heterocycles. The Morgan fingerprint density at radius 1 is 0.923 bits per heavy atom. The molecule has 1 fully saturated rings. The maximum absolute atomic E-state index is 12.0. The smallest absolute Gasteiger partial charge is 0.276 e. The Balaban J connectivity index is 1.49. The van der Waals surface area contributed by atoms with Gasteiger partial charge in [0.25, 0.3) is 5.91 Å². The van der Waals surface area contributed by atoms with Gasteiger partial charge in [-0.25, -0.2) is 0 Å². The van der Waals surface area contributed by atoms with Crippen LogP contribution >= 0.6 is 0 Å². The van der Waals surface area contributed by atoms with Gasteiger partial charge >= 0.3 is 0 Å². The molecule has 0 unspecified atom stereocenters. The van der Waals surface area contributed by atoms with Crippen LogP contribution < -0.4 is 15.6 Å². The van der Waals surface area contributed by atoms with E-state index in [0.29, 0.717) is 5.75 Å². The zero-order valence-electron chi connectivity index (χ0n) is 14.7. The summed E-state index contributed by atoms with van der Waals surface area (Å²) in [5.74, 6) is 0.211. The molecule has 5 heteroatoms. The number of carbonyl (C=O) groups is 2. The monoisotopic (exact) mass is 352 g/mol. The molecule has 26 heavy (non-hydrogen) atoms. The van der Waals surface area contributed by atoms with Gasteiger partial charge in [0.2, 0.25) is 5.91 Å². The highest BCUT2D eigenvalue weighted by Gasteiger charge is 2.22. The Morgan fingerprint density at radius 2 is 1.62 bits per heavy atom. The van der Waals surface area contributed by atoms with Crippen LogP contribution in [-0.2, 0) is 16.0 Å². The number of hydrogen-bond donors (Lipinski definition) is 2. The second-order valence-electron chi connectivity index (χ2n) is 6.58. The van der Waals surface area contributed by atoms with Crippen molar-refractivity contribution in [3.05, 3.63) is 65.7 Å². The number of carbonyl (C=O) groups excluding carboxylic acids is 2. The minimum Gasteiger partial charge on any atom is -0.483 e. The zero-order chi connectivity index (χ0) is 18.2. The standard InChI is InChI=1S/C21H24N2O3/c24-20(22-23-21(25)17-10-4-5-11-17)15-26-19-13-7-6-12-18(19)14-16-8-2-1-3-9-16/h1-3,6-9,12-13,17H,4-5,10-11,14-15H2,(H,22,24)(H,23,25). The Hall–Kier alpha value is -2.82. The van der Waals surface area contributed by atoms with E-state index in [4.69, 9.17) is 4.74 Å². The van der Waals surface area contributed by atoms with Crippen molar-refractivity contribution in [2.45, 2.75) is 32.1 Å². The largest absolute Gasteiger partial charge is 0.483 e. The van der Waals surface area contributed by atoms with Gasteiger partial charge in [0, 0.05) is 12.3 Å². The molecule has 2 amide bonds. The summed E-state index contributed by atoms with van der Waals surface area (Å²) >= 11 is 0. The second-order valence-corrected chi connectivity index (χ2v) is 6.58. The number of rotatable bonds is 6. The lowest BCUT2D eigenvalue weighted by Gasteiger charge is -2.13. The van der Waals surface area contributed by atoms with Crippen LogP contribution in [0.15, 0.2) is 54.6 Å². The molecule has 1 aliphatic carbocycles. The quantitative estimate of drug-likeness (QED) is 0.786. The normalized spacial score (nSPS) is 14.0. The maximum Gasteiger partial charge on any atom is 0.276 e. The predicted octanol–water partition coefficient (Wildman–Crippen LogP) is 2.99. The van der Waals surface area contributed by atoms with Crippen LogP contribution in [0.1, 0.15) is 36.8 Å². The Bertz CT molecular complexity index is 740. The molecular formula is C21H24N2O3. The molecule has 2 aromatic carbocycles. The number of hydrazine groups is 1. The van der Waals surface area contributed by atoms with Crippen molar-refractivity contribution in [2.75, 3.05) is 6.61 Å². The highest BCUT2D eigenvalue weighted by atomic mass is 16.5. The summed E-state index contributed by atoms with van der Waals surface area (Å²) < 4.78 is 5.67. The lowest BCUT2D eigenvalue weighted by atomic mass is 10.0. The van der Waals surface area contributed by atoms with Crippen LogP contribution in [-0.4, -0.2) is 18.4 Å². The van der Waals surface area contributed by atoms with Gasteiger partial charge in [-0.15, -0.1) is 0 Å². The van der Waals surface area contributed by atoms with Crippen LogP contribution in [0.2, 0.25) is 0 Å². The van der Waals surface area contributed by atoms with Crippen LogP contribution in [0.4, 0.5) is 0 Å². The van der Waals surface area contributed by atoms with Gasteiger partial charge in [-0.2, -0.15) is 0 Å². The molecule has 3 rings (SSSR count). The molecule has 0 aromatic heterocycles. The fraction of sp³-hybridized carbons (Fsp3) is 0.333. The van der Waals surface area contributed by atoms with Crippen molar-refractivity contribution in [1.82, 2.24) is 10.9 Å². The lowest BCUT2D eigenvalue weighted by molar-refractivity contribution is -0.132. The van der Waals surface area contributed by atoms with Gasteiger partial charge in [-0.1, -0.05) is 61.4 Å². The van der Waals surface area contributed by atoms with Gasteiger partial charge in [0.05, 0.1) is 0 Å². The molecule has 0 spiro atoms. The number of nitrogens with one attached hydrogen (secondary N) is 2. The SMILES string of the molecule is O=C(COc1ccccc1Cc1ccccc1)NNC(=O)C1CCCC1. The van der Waals surface area contributed by atoms with Crippen LogP contribution in [0.25, 0.3) is 0 Å². The van der Waals surface area contributed by atoms with Gasteiger partial charge in [0.15, 0.2) is 6.61 Å². The average Bonchev–Trinajstić information content (AvgIpc) is 3.21. The highest BCUT2D eigenvalue weighted by Crippen LogP contribution is 2.24. The van der Waals surface area contributed by atoms with E-state index in [0.717, 1.165) is 37.7 Å². The second kappa shape index (κ2) is 9.04. The van der Waals surface area contributed by atoms with E-state index in [9.17, 15) is 9.59 Å². The summed E-state index contributed by atoms with van der Waals surface area (Å²) in [5, 5.41) is 0. The van der Waals surface area contributed by atoms with Crippen molar-refractivity contribution >= 4 is 11.8 Å². The molecule has 5 nitrogen and oxygen atoms in total. The number of benzene rings is 2. The van der Waals surface area contributed by atoms with E-state index in [-0.39, 0.29) is 24.3 Å². The number of amides is 2. The third kappa shape index (κ3) is 5.09. The Morgan fingerprint density at radius 3 is 2.38 bits per heavy atom. The molecule has 0 heterocycles. The molecule has 1 saturated carbocycles. The summed E-state index contributed by atoms with van der Waals surface area (Å²) in [5.41, 5.74) is 7.12. The van der Waals surface area contributed by atoms with E-state index < -0.39 is 0 Å². The Labute approximate surface area is 153 Å². The molecule has 1 aliphatic rings. The molecule has 2 N–H and O–H groups in total. The van der Waals surface area contributed by atoms with Crippen LogP contribution in [0.5, 0.6) is 5.75 Å². The fourth-order valence-electron chi connectivity index (χ4n) is 3.21. The molecule has 0 atom stereocenters. The van der Waals surface area contributed by atoms with E-state index >= 15 is 0 Å². The Kier molecular flexibility index (Phi) is 6.25. The average molecular weight is 352 g/mol. The van der Waals surface area contributed by atoms with Gasteiger partial charge in [-0.05, 0) is 30.0 Å². The number of ether oxygens (including phenoxy) is 1. The molecule has 2 aromatic rings. The minimum absolute atomic E-state index is 0.0165. The first-order chi connectivity index (χ1) is 12.7. The number of para-hydroxylation sites is 1. The minimum atomic E-state index is -0.370. The van der Waals surface area contributed by atoms with E-state index in [1.165, 1.54) is 5.56 Å². The molecule has 0 radical (unpaired) electrons.